The second-order valence-electron chi connectivity index (χ2n) is 12.9. The number of hydrogen-bond donors (Lipinski definition) is 4. The minimum Gasteiger partial charge on any atom is -0.504 e. The fraction of sp³-hybridized carbons (Fsp3) is 0.710. The molecule has 0 bridgehead atoms. The number of thioether (sulfide) groups is 1. The fourth-order valence-corrected chi connectivity index (χ4v) is 6.63. The number of carbonyl (C=O) groups excluding carboxylic acids is 3. The van der Waals surface area contributed by atoms with E-state index in [0.717, 1.165) is 19.3 Å². The third-order valence-electron chi connectivity index (χ3n) is 9.62. The van der Waals surface area contributed by atoms with Crippen molar-refractivity contribution < 1.29 is 34.4 Å². The van der Waals surface area contributed by atoms with Crippen LogP contribution in [-0.4, -0.2) is 80.8 Å². The van der Waals surface area contributed by atoms with E-state index in [-0.39, 0.29) is 40.8 Å². The van der Waals surface area contributed by atoms with Crippen LogP contribution in [0.1, 0.15) is 78.7 Å². The van der Waals surface area contributed by atoms with Gasteiger partial charge in [-0.2, -0.15) is 11.8 Å². The Hall–Kier alpha value is -2.46. The lowest BCUT2D eigenvalue weighted by molar-refractivity contribution is -0.159. The van der Waals surface area contributed by atoms with E-state index in [9.17, 15) is 29.7 Å². The Morgan fingerprint density at radius 1 is 1.15 bits per heavy atom. The molecule has 1 saturated heterocycles. The number of amides is 2. The number of rotatable bonds is 12. The SMILES string of the molecule is CSCC[C@H](NC(=O)[C@H](O)Cc1ccc(O)c(O)c1)C(=O)N1CCC[C@H]1C(=O)OC(C)CC1CCC(C)(C)C1(C)C. The highest BCUT2D eigenvalue weighted by Crippen LogP contribution is 2.57. The smallest absolute Gasteiger partial charge is 0.329 e. The minimum absolute atomic E-state index is 0.103. The monoisotopic (exact) mass is 592 g/mol. The van der Waals surface area contributed by atoms with Crippen LogP contribution in [0, 0.1) is 16.7 Å². The number of aliphatic hydroxyl groups excluding tert-OH is 1. The molecule has 41 heavy (non-hydrogen) atoms. The second kappa shape index (κ2) is 13.7. The van der Waals surface area contributed by atoms with Gasteiger partial charge >= 0.3 is 5.97 Å². The third-order valence-corrected chi connectivity index (χ3v) is 10.3. The lowest BCUT2D eigenvalue weighted by Gasteiger charge is -2.40. The Bertz CT molecular complexity index is 1090. The molecule has 1 saturated carbocycles. The molecular weight excluding hydrogens is 544 g/mol. The molecule has 5 atom stereocenters. The first-order valence-electron chi connectivity index (χ1n) is 14.7. The van der Waals surface area contributed by atoms with Crippen LogP contribution in [0.15, 0.2) is 18.2 Å². The van der Waals surface area contributed by atoms with E-state index >= 15 is 0 Å². The number of nitrogens with zero attached hydrogens (tertiary/aromatic N) is 1. The van der Waals surface area contributed by atoms with Gasteiger partial charge in [0.2, 0.25) is 11.8 Å². The van der Waals surface area contributed by atoms with Crippen LogP contribution >= 0.6 is 11.8 Å². The van der Waals surface area contributed by atoms with Crippen molar-refractivity contribution in [2.75, 3.05) is 18.6 Å². The van der Waals surface area contributed by atoms with Crippen molar-refractivity contribution in [2.24, 2.45) is 16.7 Å². The van der Waals surface area contributed by atoms with E-state index in [2.05, 4.69) is 33.0 Å². The van der Waals surface area contributed by atoms with Gasteiger partial charge in [-0.15, -0.1) is 0 Å². The van der Waals surface area contributed by atoms with Gasteiger partial charge in [0.15, 0.2) is 11.5 Å². The molecule has 1 aliphatic carbocycles. The van der Waals surface area contributed by atoms with Gasteiger partial charge in [0, 0.05) is 13.0 Å². The van der Waals surface area contributed by atoms with Crippen molar-refractivity contribution in [2.45, 2.75) is 104 Å². The van der Waals surface area contributed by atoms with Crippen LogP contribution < -0.4 is 5.32 Å². The molecule has 1 heterocycles. The molecule has 3 rings (SSSR count). The summed E-state index contributed by atoms with van der Waals surface area (Å²) in [7, 11) is 0. The molecule has 2 aliphatic rings. The molecule has 10 heteroatoms. The van der Waals surface area contributed by atoms with Crippen molar-refractivity contribution >= 4 is 29.5 Å². The number of nitrogens with one attached hydrogen (secondary N) is 1. The van der Waals surface area contributed by atoms with Crippen LogP contribution in [0.3, 0.4) is 0 Å². The first-order chi connectivity index (χ1) is 19.2. The van der Waals surface area contributed by atoms with Gasteiger partial charge in [-0.05, 0) is 91.9 Å². The Balaban J connectivity index is 1.62. The number of phenolic OH excluding ortho intramolecular Hbond substituents is 2. The maximum Gasteiger partial charge on any atom is 0.329 e. The molecule has 0 aromatic heterocycles. The number of esters is 1. The van der Waals surface area contributed by atoms with Gasteiger partial charge in [0.05, 0.1) is 6.10 Å². The zero-order valence-corrected chi connectivity index (χ0v) is 26.1. The Morgan fingerprint density at radius 2 is 1.85 bits per heavy atom. The van der Waals surface area contributed by atoms with Crippen LogP contribution in [0.5, 0.6) is 11.5 Å². The molecule has 0 radical (unpaired) electrons. The summed E-state index contributed by atoms with van der Waals surface area (Å²) >= 11 is 1.53. The number of aliphatic hydroxyl groups is 1. The topological polar surface area (TPSA) is 136 Å². The molecule has 2 unspecified atom stereocenters. The number of carbonyl (C=O) groups is 3. The highest BCUT2D eigenvalue weighted by atomic mass is 32.2. The first kappa shape index (κ1) is 33.0. The van der Waals surface area contributed by atoms with E-state index in [1.807, 2.05) is 13.2 Å². The number of ether oxygens (including phenoxy) is 1. The van der Waals surface area contributed by atoms with Crippen LogP contribution in [-0.2, 0) is 25.5 Å². The van der Waals surface area contributed by atoms with Crippen LogP contribution in [0.2, 0.25) is 0 Å². The van der Waals surface area contributed by atoms with Gasteiger partial charge in [-0.1, -0.05) is 33.8 Å². The zero-order valence-electron chi connectivity index (χ0n) is 25.3. The number of hydrogen-bond acceptors (Lipinski definition) is 8. The maximum atomic E-state index is 13.6. The summed E-state index contributed by atoms with van der Waals surface area (Å²) in [6, 6.07) is 2.46. The van der Waals surface area contributed by atoms with Crippen molar-refractivity contribution in [3.05, 3.63) is 23.8 Å². The Morgan fingerprint density at radius 3 is 2.46 bits per heavy atom. The summed E-state index contributed by atoms with van der Waals surface area (Å²) < 4.78 is 5.90. The van der Waals surface area contributed by atoms with E-state index in [0.29, 0.717) is 43.0 Å². The molecule has 230 valence electrons. The summed E-state index contributed by atoms with van der Waals surface area (Å²) in [5.41, 5.74) is 0.820. The van der Waals surface area contributed by atoms with E-state index in [1.54, 1.807) is 0 Å². The highest BCUT2D eigenvalue weighted by molar-refractivity contribution is 7.98. The number of phenols is 2. The van der Waals surface area contributed by atoms with Crippen molar-refractivity contribution in [1.82, 2.24) is 10.2 Å². The molecule has 1 aromatic carbocycles. The quantitative estimate of drug-likeness (QED) is 0.211. The summed E-state index contributed by atoms with van der Waals surface area (Å²) in [6.07, 6.45) is 4.63. The average molecular weight is 593 g/mol. The predicted molar refractivity (Wildman–Crippen MR) is 160 cm³/mol. The lowest BCUT2D eigenvalue weighted by atomic mass is 9.66. The second-order valence-corrected chi connectivity index (χ2v) is 13.9. The zero-order chi connectivity index (χ0) is 30.5. The van der Waals surface area contributed by atoms with Gasteiger partial charge in [0.25, 0.3) is 0 Å². The molecule has 4 N–H and O–H groups in total. The summed E-state index contributed by atoms with van der Waals surface area (Å²) in [4.78, 5) is 41.3. The van der Waals surface area contributed by atoms with Crippen LogP contribution in [0.4, 0.5) is 0 Å². The Labute approximate surface area is 248 Å². The molecule has 1 aromatic rings. The minimum atomic E-state index is -1.46. The van der Waals surface area contributed by atoms with E-state index in [4.69, 9.17) is 4.74 Å². The lowest BCUT2D eigenvalue weighted by Crippen LogP contribution is -2.54. The molecule has 2 amide bonds. The van der Waals surface area contributed by atoms with Crippen molar-refractivity contribution in [3.8, 4) is 11.5 Å². The molecule has 2 fully saturated rings. The third kappa shape index (κ3) is 7.89. The van der Waals surface area contributed by atoms with Gasteiger partial charge in [0.1, 0.15) is 18.2 Å². The van der Waals surface area contributed by atoms with Crippen molar-refractivity contribution in [1.29, 1.82) is 0 Å². The van der Waals surface area contributed by atoms with Gasteiger partial charge < -0.3 is 30.3 Å². The maximum absolute atomic E-state index is 13.6. The highest BCUT2D eigenvalue weighted by Gasteiger charge is 2.49. The fourth-order valence-electron chi connectivity index (χ4n) is 6.16. The van der Waals surface area contributed by atoms with Gasteiger partial charge in [-0.3, -0.25) is 9.59 Å². The molecular formula is C31H48N2O7S. The summed E-state index contributed by atoms with van der Waals surface area (Å²) in [6.45, 7) is 11.5. The molecule has 1 aliphatic heterocycles. The van der Waals surface area contributed by atoms with Gasteiger partial charge in [-0.25, -0.2) is 4.79 Å². The largest absolute Gasteiger partial charge is 0.504 e. The number of aromatic hydroxyl groups is 2. The number of benzene rings is 1. The Kier molecular flexibility index (Phi) is 11.0. The standard InChI is InChI=1S/C31H48N2O7S/c1-19(16-21-11-13-30(2,3)31(21,4)5)40-29(39)23-8-7-14-33(23)28(38)22(12-15-41-6)32-27(37)26(36)18-20-9-10-24(34)25(35)17-20/h9-10,17,19,21-23,26,34-36H,7-8,11-16,18H2,1-6H3,(H,32,37)/t19?,21?,22-,23-,26+/m0/s1. The van der Waals surface area contributed by atoms with Crippen molar-refractivity contribution in [3.63, 3.8) is 0 Å². The average Bonchev–Trinajstić information content (AvgIpc) is 3.47. The van der Waals surface area contributed by atoms with E-state index in [1.165, 1.54) is 34.9 Å². The summed E-state index contributed by atoms with van der Waals surface area (Å²) in [5.74, 6) is -1.06. The van der Waals surface area contributed by atoms with Crippen LogP contribution in [0.25, 0.3) is 0 Å². The number of likely N-dealkylation sites (tertiary alicyclic amines) is 1. The molecule has 9 nitrogen and oxygen atoms in total. The summed E-state index contributed by atoms with van der Waals surface area (Å²) in [5, 5.41) is 32.4. The van der Waals surface area contributed by atoms with E-state index < -0.39 is 30.1 Å². The normalized spacial score (nSPS) is 23.5. The first-order valence-corrected chi connectivity index (χ1v) is 16.1. The molecule has 0 spiro atoms. The predicted octanol–water partition coefficient (Wildman–Crippen LogP) is 4.01.